The lowest BCUT2D eigenvalue weighted by Crippen LogP contribution is -2.20. The molecule has 0 fully saturated rings. The average Bonchev–Trinajstić information content (AvgIpc) is 2.44. The molecule has 2 aromatic carbocycles. The summed E-state index contributed by atoms with van der Waals surface area (Å²) in [5.74, 6) is 0.461. The zero-order chi connectivity index (χ0) is 16.5. The molecule has 0 spiro atoms. The van der Waals surface area contributed by atoms with Crippen molar-refractivity contribution in [3.05, 3.63) is 57.6 Å². The Bertz CT molecular complexity index is 681. The van der Waals surface area contributed by atoms with Crippen LogP contribution in [0.1, 0.15) is 44.2 Å². The van der Waals surface area contributed by atoms with Gasteiger partial charge in [-0.1, -0.05) is 56.1 Å². The van der Waals surface area contributed by atoms with Gasteiger partial charge in [0.25, 0.3) is 0 Å². The van der Waals surface area contributed by atoms with E-state index in [9.17, 15) is 10.2 Å². The second kappa shape index (κ2) is 6.39. The Labute approximate surface area is 141 Å². The first-order valence-electron chi connectivity index (χ1n) is 7.18. The fourth-order valence-electron chi connectivity index (χ4n) is 2.76. The minimum absolute atomic E-state index is 0.0968. The van der Waals surface area contributed by atoms with Crippen LogP contribution in [0, 0.1) is 0 Å². The molecule has 0 heterocycles. The topological polar surface area (TPSA) is 40.5 Å². The number of hydrogen-bond donors (Lipinski definition) is 2. The fraction of sp³-hybridized carbons (Fsp3) is 0.333. The van der Waals surface area contributed by atoms with Crippen LogP contribution in [0.5, 0.6) is 11.5 Å². The minimum Gasteiger partial charge on any atom is -0.506 e. The van der Waals surface area contributed by atoms with Gasteiger partial charge in [0.05, 0.1) is 10.0 Å². The van der Waals surface area contributed by atoms with Crippen LogP contribution in [0.3, 0.4) is 0 Å². The van der Waals surface area contributed by atoms with Gasteiger partial charge in [0, 0.05) is 0 Å². The third-order valence-electron chi connectivity index (χ3n) is 4.09. The smallest absolute Gasteiger partial charge is 0.134 e. The molecule has 2 nitrogen and oxygen atoms in total. The van der Waals surface area contributed by atoms with Gasteiger partial charge in [0.1, 0.15) is 11.5 Å². The third kappa shape index (κ3) is 3.68. The van der Waals surface area contributed by atoms with Crippen molar-refractivity contribution in [1.29, 1.82) is 0 Å². The summed E-state index contributed by atoms with van der Waals surface area (Å²) >= 11 is 12.0. The molecule has 2 N–H and O–H groups in total. The summed E-state index contributed by atoms with van der Waals surface area (Å²) in [6.45, 7) is 6.43. The lowest BCUT2D eigenvalue weighted by molar-refractivity contribution is 0.435. The van der Waals surface area contributed by atoms with Crippen molar-refractivity contribution in [1.82, 2.24) is 0 Å². The van der Waals surface area contributed by atoms with Gasteiger partial charge in [-0.15, -0.1) is 0 Å². The summed E-state index contributed by atoms with van der Waals surface area (Å²) in [5.41, 5.74) is 2.05. The van der Waals surface area contributed by atoms with E-state index in [4.69, 9.17) is 23.2 Å². The van der Waals surface area contributed by atoms with Crippen molar-refractivity contribution < 1.29 is 10.2 Å². The second-order valence-electron chi connectivity index (χ2n) is 6.37. The summed E-state index contributed by atoms with van der Waals surface area (Å²) in [4.78, 5) is 0. The fourth-order valence-corrected chi connectivity index (χ4v) is 3.13. The molecule has 1 unspecified atom stereocenters. The van der Waals surface area contributed by atoms with E-state index in [1.54, 1.807) is 18.2 Å². The molecule has 4 heteroatoms. The van der Waals surface area contributed by atoms with Crippen LogP contribution >= 0.6 is 23.2 Å². The monoisotopic (exact) mass is 338 g/mol. The zero-order valence-corrected chi connectivity index (χ0v) is 14.4. The summed E-state index contributed by atoms with van der Waals surface area (Å²) < 4.78 is 0. The number of hydrogen-bond acceptors (Lipinski definition) is 2. The zero-order valence-electron chi connectivity index (χ0n) is 12.9. The van der Waals surface area contributed by atoms with Crippen LogP contribution in [0.4, 0.5) is 0 Å². The standard InChI is InChI=1S/C18H20Cl2O2/c1-11(12-4-6-16(21)14(19)8-12)10-18(2,3)13-5-7-17(22)15(20)9-13/h4-9,11,21-22H,10H2,1-3H3. The SMILES string of the molecule is CC(CC(C)(C)c1ccc(O)c(Cl)c1)c1ccc(O)c(Cl)c1. The summed E-state index contributed by atoms with van der Waals surface area (Å²) in [5, 5.41) is 19.8. The van der Waals surface area contributed by atoms with E-state index < -0.39 is 0 Å². The highest BCUT2D eigenvalue weighted by Crippen LogP contribution is 2.38. The molecule has 0 radical (unpaired) electrons. The molecule has 0 aromatic heterocycles. The Kier molecular flexibility index (Phi) is 4.93. The van der Waals surface area contributed by atoms with E-state index in [0.29, 0.717) is 10.0 Å². The molecule has 2 rings (SSSR count). The highest BCUT2D eigenvalue weighted by molar-refractivity contribution is 6.32. The molecule has 2 aromatic rings. The van der Waals surface area contributed by atoms with Crippen LogP contribution in [0.2, 0.25) is 10.0 Å². The number of rotatable bonds is 4. The molecule has 0 aliphatic rings. The van der Waals surface area contributed by atoms with Crippen LogP contribution in [0.25, 0.3) is 0 Å². The molecule has 0 saturated heterocycles. The van der Waals surface area contributed by atoms with Gasteiger partial charge in [-0.05, 0) is 53.1 Å². The Morgan fingerprint density at radius 3 is 2.05 bits per heavy atom. The van der Waals surface area contributed by atoms with E-state index in [-0.39, 0.29) is 22.8 Å². The first-order chi connectivity index (χ1) is 10.2. The summed E-state index contributed by atoms with van der Waals surface area (Å²) in [6.07, 6.45) is 0.884. The van der Waals surface area contributed by atoms with Crippen molar-refractivity contribution in [2.24, 2.45) is 0 Å². The quantitative estimate of drug-likeness (QED) is 0.731. The lowest BCUT2D eigenvalue weighted by atomic mass is 9.76. The van der Waals surface area contributed by atoms with Crippen LogP contribution in [-0.2, 0) is 5.41 Å². The first-order valence-corrected chi connectivity index (χ1v) is 7.94. The maximum atomic E-state index is 9.56. The molecular formula is C18H20Cl2O2. The highest BCUT2D eigenvalue weighted by atomic mass is 35.5. The highest BCUT2D eigenvalue weighted by Gasteiger charge is 2.25. The van der Waals surface area contributed by atoms with Gasteiger partial charge < -0.3 is 10.2 Å². The largest absolute Gasteiger partial charge is 0.506 e. The maximum Gasteiger partial charge on any atom is 0.134 e. The first kappa shape index (κ1) is 17.0. The number of phenolic OH excluding ortho intramolecular Hbond substituents is 2. The molecule has 22 heavy (non-hydrogen) atoms. The molecule has 0 aliphatic heterocycles. The molecular weight excluding hydrogens is 319 g/mol. The predicted octanol–water partition coefficient (Wildman–Crippen LogP) is 5.88. The number of halogens is 2. The molecule has 0 bridgehead atoms. The Morgan fingerprint density at radius 2 is 1.50 bits per heavy atom. The predicted molar refractivity (Wildman–Crippen MR) is 92.3 cm³/mol. The van der Waals surface area contributed by atoms with Gasteiger partial charge >= 0.3 is 0 Å². The molecule has 118 valence electrons. The Balaban J connectivity index is 2.22. The minimum atomic E-state index is -0.110. The van der Waals surface area contributed by atoms with Crippen molar-refractivity contribution in [3.63, 3.8) is 0 Å². The molecule has 0 aliphatic carbocycles. The maximum absolute atomic E-state index is 9.56. The van der Waals surface area contributed by atoms with Gasteiger partial charge in [-0.25, -0.2) is 0 Å². The Hall–Kier alpha value is -1.38. The van der Waals surface area contributed by atoms with E-state index in [1.165, 1.54) is 0 Å². The van der Waals surface area contributed by atoms with Crippen LogP contribution in [0.15, 0.2) is 36.4 Å². The van der Waals surface area contributed by atoms with Gasteiger partial charge in [0.2, 0.25) is 0 Å². The summed E-state index contributed by atoms with van der Waals surface area (Å²) in [7, 11) is 0. The molecule has 1 atom stereocenters. The average molecular weight is 339 g/mol. The van der Waals surface area contributed by atoms with Crippen molar-refractivity contribution in [2.75, 3.05) is 0 Å². The van der Waals surface area contributed by atoms with Crippen LogP contribution < -0.4 is 0 Å². The van der Waals surface area contributed by atoms with E-state index in [2.05, 4.69) is 20.8 Å². The van der Waals surface area contributed by atoms with Gasteiger partial charge in [-0.3, -0.25) is 0 Å². The molecule has 0 amide bonds. The van der Waals surface area contributed by atoms with Crippen LogP contribution in [-0.4, -0.2) is 10.2 Å². The van der Waals surface area contributed by atoms with Crippen molar-refractivity contribution in [2.45, 2.75) is 38.5 Å². The van der Waals surface area contributed by atoms with E-state index >= 15 is 0 Å². The number of phenols is 2. The molecule has 0 saturated carbocycles. The summed E-state index contributed by atoms with van der Waals surface area (Å²) in [6, 6.07) is 10.7. The van der Waals surface area contributed by atoms with Crippen molar-refractivity contribution in [3.8, 4) is 11.5 Å². The normalized spacial score (nSPS) is 13.1. The van der Waals surface area contributed by atoms with Gasteiger partial charge in [0.15, 0.2) is 0 Å². The Morgan fingerprint density at radius 1 is 0.955 bits per heavy atom. The van der Waals surface area contributed by atoms with E-state index in [1.807, 2.05) is 18.2 Å². The lowest BCUT2D eigenvalue weighted by Gasteiger charge is -2.29. The van der Waals surface area contributed by atoms with E-state index in [0.717, 1.165) is 17.5 Å². The third-order valence-corrected chi connectivity index (χ3v) is 4.69. The van der Waals surface area contributed by atoms with Crippen molar-refractivity contribution >= 4 is 23.2 Å². The number of benzene rings is 2. The second-order valence-corrected chi connectivity index (χ2v) is 7.18. The van der Waals surface area contributed by atoms with Gasteiger partial charge in [-0.2, -0.15) is 0 Å². The number of aromatic hydroxyl groups is 2.